The summed E-state index contributed by atoms with van der Waals surface area (Å²) in [7, 11) is 0. The molecule has 1 aliphatic rings. The predicted molar refractivity (Wildman–Crippen MR) is 55.5 cm³/mol. The summed E-state index contributed by atoms with van der Waals surface area (Å²) in [4.78, 5) is 37.9. The van der Waals surface area contributed by atoms with E-state index in [1.807, 2.05) is 0 Å². The van der Waals surface area contributed by atoms with Crippen molar-refractivity contribution in [1.82, 2.24) is 4.90 Å². The van der Waals surface area contributed by atoms with Crippen LogP contribution in [0.4, 0.5) is 0 Å². The molecular weight excluding hydrogens is 228 g/mol. The van der Waals surface area contributed by atoms with Crippen molar-refractivity contribution in [2.75, 3.05) is 19.7 Å². The molecule has 0 aliphatic carbocycles. The lowest BCUT2D eigenvalue weighted by atomic mass is 10.1. The quantitative estimate of drug-likeness (QED) is 0.230. The number of carbonyl (C=O) groups is 3. The Morgan fingerprint density at radius 1 is 1.65 bits per heavy atom. The Balaban J connectivity index is 2.63. The van der Waals surface area contributed by atoms with Crippen molar-refractivity contribution >= 4 is 17.8 Å². The minimum Gasteiger partial charge on any atom is -0.465 e. The highest BCUT2D eigenvalue weighted by atomic mass is 16.5. The molecule has 1 unspecified atom stereocenters. The van der Waals surface area contributed by atoms with E-state index in [2.05, 4.69) is 10.0 Å². The van der Waals surface area contributed by atoms with E-state index in [1.165, 1.54) is 0 Å². The second-order valence-electron chi connectivity index (χ2n) is 3.37. The van der Waals surface area contributed by atoms with Gasteiger partial charge in [-0.05, 0) is 18.9 Å². The average Bonchev–Trinajstić information content (AvgIpc) is 2.68. The summed E-state index contributed by atoms with van der Waals surface area (Å²) in [5.74, 6) is -2.71. The number of esters is 1. The molecule has 92 valence electrons. The molecule has 8 heteroatoms. The fourth-order valence-electron chi connectivity index (χ4n) is 1.57. The van der Waals surface area contributed by atoms with Crippen LogP contribution in [-0.4, -0.2) is 42.4 Å². The van der Waals surface area contributed by atoms with Gasteiger partial charge in [0.1, 0.15) is 12.5 Å². The summed E-state index contributed by atoms with van der Waals surface area (Å²) in [6.07, 6.45) is 0.250. The molecule has 0 bridgehead atoms. The van der Waals surface area contributed by atoms with Crippen LogP contribution in [0, 0.1) is 5.92 Å². The fraction of sp³-hybridized carbons (Fsp3) is 0.667. The molecular formula is C9H12N4O4. The molecule has 0 aromatic rings. The molecule has 1 aliphatic heterocycles. The van der Waals surface area contributed by atoms with Gasteiger partial charge < -0.3 is 4.74 Å². The number of amides is 2. The summed E-state index contributed by atoms with van der Waals surface area (Å²) in [5.41, 5.74) is 8.06. The monoisotopic (exact) mass is 240 g/mol. The van der Waals surface area contributed by atoms with E-state index >= 15 is 0 Å². The van der Waals surface area contributed by atoms with Crippen LogP contribution in [0.1, 0.15) is 13.3 Å². The molecule has 1 heterocycles. The van der Waals surface area contributed by atoms with Gasteiger partial charge in [0.05, 0.1) is 6.61 Å². The standard InChI is InChI=1S/C9H12N4O4/c1-2-17-9(16)6-3-4-13(8(6)15)7(14)5-11-12-10/h6H,2-5H2,1H3. The first-order valence-electron chi connectivity index (χ1n) is 5.13. The molecule has 1 rings (SSSR count). The minimum atomic E-state index is -0.912. The van der Waals surface area contributed by atoms with Crippen LogP contribution in [0.3, 0.4) is 0 Å². The molecule has 0 radical (unpaired) electrons. The number of hydrogen-bond donors (Lipinski definition) is 0. The van der Waals surface area contributed by atoms with Gasteiger partial charge >= 0.3 is 5.97 Å². The Labute approximate surface area is 97.1 Å². The van der Waals surface area contributed by atoms with Gasteiger partial charge in [0, 0.05) is 11.5 Å². The van der Waals surface area contributed by atoms with Gasteiger partial charge in [0.2, 0.25) is 11.8 Å². The van der Waals surface area contributed by atoms with Gasteiger partial charge in [-0.1, -0.05) is 5.11 Å². The van der Waals surface area contributed by atoms with E-state index in [0.717, 1.165) is 4.90 Å². The van der Waals surface area contributed by atoms with Crippen molar-refractivity contribution in [2.24, 2.45) is 11.0 Å². The summed E-state index contributed by atoms with van der Waals surface area (Å²) in [5, 5.41) is 3.08. The molecule has 1 atom stereocenters. The Morgan fingerprint density at radius 2 is 2.35 bits per heavy atom. The van der Waals surface area contributed by atoms with Gasteiger partial charge in [-0.2, -0.15) is 0 Å². The van der Waals surface area contributed by atoms with Crippen LogP contribution in [0.5, 0.6) is 0 Å². The minimum absolute atomic E-state index is 0.155. The van der Waals surface area contributed by atoms with Crippen molar-refractivity contribution in [1.29, 1.82) is 0 Å². The molecule has 0 N–H and O–H groups in total. The van der Waals surface area contributed by atoms with Crippen LogP contribution < -0.4 is 0 Å². The van der Waals surface area contributed by atoms with E-state index in [1.54, 1.807) is 6.92 Å². The van der Waals surface area contributed by atoms with Crippen LogP contribution >= 0.6 is 0 Å². The lowest BCUT2D eigenvalue weighted by Crippen LogP contribution is -2.37. The molecule has 17 heavy (non-hydrogen) atoms. The molecule has 1 fully saturated rings. The summed E-state index contributed by atoms with van der Waals surface area (Å²) in [6.45, 7) is 1.57. The molecule has 1 saturated heterocycles. The van der Waals surface area contributed by atoms with Crippen molar-refractivity contribution in [3.05, 3.63) is 10.4 Å². The number of hydrogen-bond acceptors (Lipinski definition) is 5. The van der Waals surface area contributed by atoms with E-state index in [9.17, 15) is 14.4 Å². The van der Waals surface area contributed by atoms with E-state index in [-0.39, 0.29) is 19.6 Å². The van der Waals surface area contributed by atoms with Crippen molar-refractivity contribution in [2.45, 2.75) is 13.3 Å². The molecule has 2 amide bonds. The maximum atomic E-state index is 11.7. The van der Waals surface area contributed by atoms with E-state index < -0.39 is 30.2 Å². The normalized spacial score (nSPS) is 18.8. The van der Waals surface area contributed by atoms with Crippen molar-refractivity contribution < 1.29 is 19.1 Å². The zero-order valence-electron chi connectivity index (χ0n) is 9.33. The Kier molecular flexibility index (Phi) is 4.47. The van der Waals surface area contributed by atoms with Crippen molar-refractivity contribution in [3.63, 3.8) is 0 Å². The largest absolute Gasteiger partial charge is 0.465 e. The third-order valence-electron chi connectivity index (χ3n) is 2.35. The highest BCUT2D eigenvalue weighted by Crippen LogP contribution is 2.19. The van der Waals surface area contributed by atoms with Gasteiger partial charge in [0.15, 0.2) is 0 Å². The first-order valence-corrected chi connectivity index (χ1v) is 5.13. The van der Waals surface area contributed by atoms with Gasteiger partial charge in [0.25, 0.3) is 0 Å². The summed E-state index contributed by atoms with van der Waals surface area (Å²) < 4.78 is 4.73. The second kappa shape index (κ2) is 5.86. The summed E-state index contributed by atoms with van der Waals surface area (Å²) in [6, 6.07) is 0. The second-order valence-corrected chi connectivity index (χ2v) is 3.37. The van der Waals surface area contributed by atoms with Gasteiger partial charge in [-0.3, -0.25) is 19.3 Å². The number of likely N-dealkylation sites (tertiary alicyclic amines) is 1. The Morgan fingerprint density at radius 3 is 2.94 bits per heavy atom. The SMILES string of the molecule is CCOC(=O)C1CCN(C(=O)CN=[N+]=[N-])C1=O. The number of ether oxygens (including phenoxy) is 1. The molecule has 0 spiro atoms. The number of azide groups is 1. The Bertz CT molecular complexity index is 388. The highest BCUT2D eigenvalue weighted by molar-refractivity contribution is 6.07. The number of nitrogens with zero attached hydrogens (tertiary/aromatic N) is 4. The lowest BCUT2D eigenvalue weighted by molar-refractivity contribution is -0.153. The van der Waals surface area contributed by atoms with Gasteiger partial charge in [-0.25, -0.2) is 0 Å². The molecule has 0 saturated carbocycles. The van der Waals surface area contributed by atoms with E-state index in [0.29, 0.717) is 0 Å². The molecule has 0 aromatic carbocycles. The third-order valence-corrected chi connectivity index (χ3v) is 2.35. The lowest BCUT2D eigenvalue weighted by Gasteiger charge is -2.12. The highest BCUT2D eigenvalue weighted by Gasteiger charge is 2.40. The van der Waals surface area contributed by atoms with E-state index in [4.69, 9.17) is 10.3 Å². The smallest absolute Gasteiger partial charge is 0.318 e. The number of carbonyl (C=O) groups excluding carboxylic acids is 3. The van der Waals surface area contributed by atoms with Crippen LogP contribution in [0.25, 0.3) is 10.4 Å². The maximum absolute atomic E-state index is 11.7. The van der Waals surface area contributed by atoms with Crippen LogP contribution in [0.2, 0.25) is 0 Å². The number of rotatable bonds is 4. The first kappa shape index (κ1) is 13.0. The van der Waals surface area contributed by atoms with Gasteiger partial charge in [-0.15, -0.1) is 0 Å². The number of imide groups is 1. The van der Waals surface area contributed by atoms with Crippen molar-refractivity contribution in [3.8, 4) is 0 Å². The predicted octanol–water partition coefficient (Wildman–Crippen LogP) is 0.235. The van der Waals surface area contributed by atoms with Crippen LogP contribution in [0.15, 0.2) is 5.11 Å². The molecule has 8 nitrogen and oxygen atoms in total. The van der Waals surface area contributed by atoms with Crippen LogP contribution in [-0.2, 0) is 19.1 Å². The Hall–Kier alpha value is -2.08. The first-order chi connectivity index (χ1) is 8.11. The fourth-order valence-corrected chi connectivity index (χ4v) is 1.57. The molecule has 0 aromatic heterocycles. The zero-order valence-corrected chi connectivity index (χ0v) is 9.33. The summed E-state index contributed by atoms with van der Waals surface area (Å²) >= 11 is 0. The topological polar surface area (TPSA) is 112 Å². The average molecular weight is 240 g/mol. The third kappa shape index (κ3) is 2.94. The maximum Gasteiger partial charge on any atom is 0.318 e. The zero-order chi connectivity index (χ0) is 12.8.